The van der Waals surface area contributed by atoms with Gasteiger partial charge in [-0.2, -0.15) is 0 Å². The molecule has 0 spiro atoms. The van der Waals surface area contributed by atoms with Gasteiger partial charge in [0.2, 0.25) is 0 Å². The van der Waals surface area contributed by atoms with Crippen LogP contribution in [0.5, 0.6) is 0 Å². The minimum Gasteiger partial charge on any atom is -0.338 e. The molecule has 102 valence electrons. The number of nitrogens with zero attached hydrogens (tertiary/aromatic N) is 1. The highest BCUT2D eigenvalue weighted by molar-refractivity contribution is 5.80. The lowest BCUT2D eigenvalue weighted by Gasteiger charge is -2.20. The van der Waals surface area contributed by atoms with E-state index in [0.717, 1.165) is 16.9 Å². The summed E-state index contributed by atoms with van der Waals surface area (Å²) in [6.07, 6.45) is 0. The highest BCUT2D eigenvalue weighted by Gasteiger charge is 2.16. The van der Waals surface area contributed by atoms with Crippen molar-refractivity contribution in [3.8, 4) is 11.4 Å². The normalized spacial score (nSPS) is 12.0. The number of H-pyrrole nitrogens is 1. The van der Waals surface area contributed by atoms with Crippen LogP contribution in [0.3, 0.4) is 0 Å². The summed E-state index contributed by atoms with van der Waals surface area (Å²) in [4.78, 5) is 8.13. The Hall–Kier alpha value is -2.09. The lowest BCUT2D eigenvalue weighted by atomic mass is 9.85. The van der Waals surface area contributed by atoms with Gasteiger partial charge in [-0.05, 0) is 41.7 Å². The molecule has 1 aromatic heterocycles. The first-order valence-corrected chi connectivity index (χ1v) is 7.01. The zero-order chi connectivity index (χ0) is 14.3. The highest BCUT2D eigenvalue weighted by atomic mass is 14.9. The van der Waals surface area contributed by atoms with Gasteiger partial charge in [-0.15, -0.1) is 0 Å². The Morgan fingerprint density at radius 1 is 1.00 bits per heavy atom. The fourth-order valence-electron chi connectivity index (χ4n) is 2.42. The Morgan fingerprint density at radius 2 is 1.75 bits per heavy atom. The Balaban J connectivity index is 2.17. The Morgan fingerprint density at radius 3 is 2.45 bits per heavy atom. The molecular weight excluding hydrogens is 244 g/mol. The number of aryl methyl sites for hydroxylation is 1. The fraction of sp³-hybridized carbons (Fsp3) is 0.278. The number of nitrogens with one attached hydrogen (secondary N) is 1. The van der Waals surface area contributed by atoms with Gasteiger partial charge in [0.05, 0.1) is 11.0 Å². The zero-order valence-corrected chi connectivity index (χ0v) is 12.5. The number of fused-ring (bicyclic) bond motifs is 1. The molecule has 0 saturated heterocycles. The predicted molar refractivity (Wildman–Crippen MR) is 85.0 cm³/mol. The molecule has 20 heavy (non-hydrogen) atoms. The van der Waals surface area contributed by atoms with Crippen LogP contribution in [0.4, 0.5) is 0 Å². The second-order valence-corrected chi connectivity index (χ2v) is 6.38. The molecule has 2 nitrogen and oxygen atoms in total. The first-order valence-electron chi connectivity index (χ1n) is 7.01. The highest BCUT2D eigenvalue weighted by Crippen LogP contribution is 2.29. The summed E-state index contributed by atoms with van der Waals surface area (Å²) in [6.45, 7) is 8.84. The van der Waals surface area contributed by atoms with Crippen molar-refractivity contribution in [2.45, 2.75) is 33.1 Å². The molecule has 0 bridgehead atoms. The molecule has 1 N–H and O–H groups in total. The van der Waals surface area contributed by atoms with E-state index in [1.165, 1.54) is 16.7 Å². The quantitative estimate of drug-likeness (QED) is 0.669. The van der Waals surface area contributed by atoms with Gasteiger partial charge in [0.15, 0.2) is 0 Å². The van der Waals surface area contributed by atoms with Crippen LogP contribution in [-0.4, -0.2) is 9.97 Å². The Labute approximate surface area is 119 Å². The minimum atomic E-state index is 0.147. The van der Waals surface area contributed by atoms with Crippen molar-refractivity contribution in [1.29, 1.82) is 0 Å². The summed E-state index contributed by atoms with van der Waals surface area (Å²) in [5, 5.41) is 0. The smallest absolute Gasteiger partial charge is 0.138 e. The van der Waals surface area contributed by atoms with E-state index in [1.807, 2.05) is 18.2 Å². The van der Waals surface area contributed by atoms with E-state index in [-0.39, 0.29) is 5.41 Å². The number of rotatable bonds is 1. The first kappa shape index (κ1) is 12.9. The molecule has 2 heteroatoms. The second kappa shape index (κ2) is 4.48. The van der Waals surface area contributed by atoms with Crippen LogP contribution >= 0.6 is 0 Å². The van der Waals surface area contributed by atoms with Gasteiger partial charge in [0, 0.05) is 5.56 Å². The van der Waals surface area contributed by atoms with Crippen molar-refractivity contribution in [3.63, 3.8) is 0 Å². The van der Waals surface area contributed by atoms with Crippen molar-refractivity contribution in [2.24, 2.45) is 0 Å². The predicted octanol–water partition coefficient (Wildman–Crippen LogP) is 4.84. The first-order chi connectivity index (χ1) is 9.45. The third-order valence-corrected chi connectivity index (χ3v) is 3.75. The van der Waals surface area contributed by atoms with Crippen molar-refractivity contribution < 1.29 is 0 Å². The molecule has 0 radical (unpaired) electrons. The van der Waals surface area contributed by atoms with Crippen molar-refractivity contribution in [2.75, 3.05) is 0 Å². The lowest BCUT2D eigenvalue weighted by Crippen LogP contribution is -2.11. The number of benzene rings is 2. The maximum Gasteiger partial charge on any atom is 0.138 e. The summed E-state index contributed by atoms with van der Waals surface area (Å²) >= 11 is 0. The molecule has 0 saturated carbocycles. The summed E-state index contributed by atoms with van der Waals surface area (Å²) in [7, 11) is 0. The molecule has 0 aliphatic carbocycles. The third kappa shape index (κ3) is 2.22. The number of para-hydroxylation sites is 2. The largest absolute Gasteiger partial charge is 0.338 e. The second-order valence-electron chi connectivity index (χ2n) is 6.38. The van der Waals surface area contributed by atoms with Crippen LogP contribution in [-0.2, 0) is 5.41 Å². The van der Waals surface area contributed by atoms with Crippen LogP contribution in [0.15, 0.2) is 42.5 Å². The number of imidazole rings is 1. The SMILES string of the molecule is Cc1ccc(C(C)(C)C)cc1-c1nc2ccccc2[nH]1. The Kier molecular flexibility index (Phi) is 2.89. The lowest BCUT2D eigenvalue weighted by molar-refractivity contribution is 0.590. The summed E-state index contributed by atoms with van der Waals surface area (Å²) in [5.41, 5.74) is 6.02. The summed E-state index contributed by atoms with van der Waals surface area (Å²) < 4.78 is 0. The van der Waals surface area contributed by atoms with Crippen molar-refractivity contribution in [1.82, 2.24) is 9.97 Å². The molecule has 2 aromatic carbocycles. The third-order valence-electron chi connectivity index (χ3n) is 3.75. The van der Waals surface area contributed by atoms with Crippen LogP contribution in [0.1, 0.15) is 31.9 Å². The molecule has 0 atom stereocenters. The molecule has 1 heterocycles. The zero-order valence-electron chi connectivity index (χ0n) is 12.5. The molecule has 0 unspecified atom stereocenters. The van der Waals surface area contributed by atoms with Crippen LogP contribution in [0, 0.1) is 6.92 Å². The van der Waals surface area contributed by atoms with Gasteiger partial charge in [-0.1, -0.05) is 45.0 Å². The maximum absolute atomic E-state index is 4.71. The average molecular weight is 264 g/mol. The molecule has 0 amide bonds. The monoisotopic (exact) mass is 264 g/mol. The molecule has 0 aliphatic rings. The van der Waals surface area contributed by atoms with Gasteiger partial charge in [0.1, 0.15) is 5.82 Å². The summed E-state index contributed by atoms with van der Waals surface area (Å²) in [5.74, 6) is 0.954. The van der Waals surface area contributed by atoms with E-state index < -0.39 is 0 Å². The fourth-order valence-corrected chi connectivity index (χ4v) is 2.42. The maximum atomic E-state index is 4.71. The molecule has 3 aromatic rings. The average Bonchev–Trinajstić information content (AvgIpc) is 2.81. The van der Waals surface area contributed by atoms with Gasteiger partial charge in [-0.25, -0.2) is 4.98 Å². The van der Waals surface area contributed by atoms with E-state index in [2.05, 4.69) is 56.9 Å². The topological polar surface area (TPSA) is 28.7 Å². The van der Waals surface area contributed by atoms with Gasteiger partial charge >= 0.3 is 0 Å². The van der Waals surface area contributed by atoms with Gasteiger partial charge in [0.25, 0.3) is 0 Å². The van der Waals surface area contributed by atoms with Crippen molar-refractivity contribution >= 4 is 11.0 Å². The van der Waals surface area contributed by atoms with Gasteiger partial charge in [-0.3, -0.25) is 0 Å². The van der Waals surface area contributed by atoms with Gasteiger partial charge < -0.3 is 4.98 Å². The molecule has 0 aliphatic heterocycles. The van der Waals surface area contributed by atoms with E-state index in [0.29, 0.717) is 0 Å². The van der Waals surface area contributed by atoms with E-state index in [1.54, 1.807) is 0 Å². The van der Waals surface area contributed by atoms with Crippen LogP contribution in [0.25, 0.3) is 22.4 Å². The van der Waals surface area contributed by atoms with Crippen molar-refractivity contribution in [3.05, 3.63) is 53.6 Å². The standard InChI is InChI=1S/C18H20N2/c1-12-9-10-13(18(2,3)4)11-14(12)17-19-15-7-5-6-8-16(15)20-17/h5-11H,1-4H3,(H,19,20). The number of aromatic amines is 1. The number of hydrogen-bond donors (Lipinski definition) is 1. The van der Waals surface area contributed by atoms with Crippen LogP contribution < -0.4 is 0 Å². The molecular formula is C18H20N2. The minimum absolute atomic E-state index is 0.147. The number of hydrogen-bond acceptors (Lipinski definition) is 1. The van der Waals surface area contributed by atoms with E-state index in [4.69, 9.17) is 4.98 Å². The molecule has 3 rings (SSSR count). The molecule has 0 fully saturated rings. The van der Waals surface area contributed by atoms with E-state index >= 15 is 0 Å². The Bertz CT molecular complexity index is 727. The number of aromatic nitrogens is 2. The van der Waals surface area contributed by atoms with Crippen LogP contribution in [0.2, 0.25) is 0 Å². The van der Waals surface area contributed by atoms with E-state index in [9.17, 15) is 0 Å². The summed E-state index contributed by atoms with van der Waals surface area (Å²) in [6, 6.07) is 14.8.